The Morgan fingerprint density at radius 3 is 2.37 bits per heavy atom. The van der Waals surface area contributed by atoms with Crippen molar-refractivity contribution in [3.63, 3.8) is 0 Å². The van der Waals surface area contributed by atoms with Gasteiger partial charge in [0.25, 0.3) is 5.91 Å². The fourth-order valence-electron chi connectivity index (χ4n) is 5.49. The molecule has 4 aromatic carbocycles. The minimum absolute atomic E-state index is 0.131. The summed E-state index contributed by atoms with van der Waals surface area (Å²) in [5, 5.41) is 4.08. The van der Waals surface area contributed by atoms with Crippen LogP contribution in [0, 0.1) is 6.92 Å². The summed E-state index contributed by atoms with van der Waals surface area (Å²) in [6.45, 7) is 4.29. The number of hydrogen-bond donors (Lipinski definition) is 2. The third-order valence-corrected chi connectivity index (χ3v) is 7.46. The summed E-state index contributed by atoms with van der Waals surface area (Å²) in [5.41, 5.74) is 7.75. The number of amides is 2. The smallest absolute Gasteiger partial charge is 0.255 e. The van der Waals surface area contributed by atoms with Gasteiger partial charge in [0.2, 0.25) is 5.91 Å². The molecule has 2 heterocycles. The third-order valence-electron chi connectivity index (χ3n) is 7.46. The molecule has 1 aliphatic rings. The van der Waals surface area contributed by atoms with Crippen molar-refractivity contribution >= 4 is 22.7 Å². The van der Waals surface area contributed by atoms with Crippen LogP contribution in [0.3, 0.4) is 0 Å². The number of rotatable bonds is 6. The number of carbonyl (C=O) groups excluding carboxylic acids is 2. The Morgan fingerprint density at radius 2 is 1.58 bits per heavy atom. The van der Waals surface area contributed by atoms with E-state index in [-0.39, 0.29) is 11.8 Å². The molecule has 0 radical (unpaired) electrons. The van der Waals surface area contributed by atoms with Crippen LogP contribution in [0.4, 0.5) is 0 Å². The summed E-state index contributed by atoms with van der Waals surface area (Å²) in [7, 11) is 0. The largest absolute Gasteiger partial charge is 0.354 e. The van der Waals surface area contributed by atoms with E-state index >= 15 is 0 Å². The normalized spacial score (nSPS) is 15.5. The van der Waals surface area contributed by atoms with Gasteiger partial charge in [0.05, 0.1) is 11.7 Å². The number of aryl methyl sites for hydroxylation is 1. The van der Waals surface area contributed by atoms with Crippen molar-refractivity contribution in [2.24, 2.45) is 0 Å². The summed E-state index contributed by atoms with van der Waals surface area (Å²) in [6, 6.07) is 33.0. The van der Waals surface area contributed by atoms with Gasteiger partial charge in [-0.2, -0.15) is 0 Å². The number of hydrogen-bond acceptors (Lipinski definition) is 2. The van der Waals surface area contributed by atoms with Crippen molar-refractivity contribution in [2.45, 2.75) is 32.5 Å². The van der Waals surface area contributed by atoms with Crippen molar-refractivity contribution in [2.75, 3.05) is 0 Å². The lowest BCUT2D eigenvalue weighted by Crippen LogP contribution is -2.46. The van der Waals surface area contributed by atoms with Crippen LogP contribution in [-0.4, -0.2) is 27.7 Å². The van der Waals surface area contributed by atoms with E-state index in [1.54, 1.807) is 4.90 Å². The lowest BCUT2D eigenvalue weighted by atomic mass is 9.92. The SMILES string of the molecule is Cc1ccc(-c2[nH]c3ccccc3c2[C@@H]2c3ccccc3C(=O)N2[C@H](C)C(=O)NCc2ccccc2)cc1. The molecule has 1 aromatic heterocycles. The highest BCUT2D eigenvalue weighted by atomic mass is 16.2. The van der Waals surface area contributed by atoms with Gasteiger partial charge in [0.15, 0.2) is 0 Å². The maximum Gasteiger partial charge on any atom is 0.255 e. The van der Waals surface area contributed by atoms with E-state index in [0.29, 0.717) is 12.1 Å². The zero-order valence-corrected chi connectivity index (χ0v) is 21.4. The van der Waals surface area contributed by atoms with Crippen LogP contribution in [0.5, 0.6) is 0 Å². The molecule has 5 aromatic rings. The van der Waals surface area contributed by atoms with Gasteiger partial charge < -0.3 is 15.2 Å². The molecule has 0 aliphatic carbocycles. The number of para-hydroxylation sites is 1. The second-order valence-corrected chi connectivity index (χ2v) is 9.91. The number of fused-ring (bicyclic) bond motifs is 2. The number of nitrogens with one attached hydrogen (secondary N) is 2. The van der Waals surface area contributed by atoms with Crippen LogP contribution in [-0.2, 0) is 11.3 Å². The Labute approximate surface area is 222 Å². The van der Waals surface area contributed by atoms with Crippen molar-refractivity contribution in [1.82, 2.24) is 15.2 Å². The quantitative estimate of drug-likeness (QED) is 0.284. The molecule has 0 unspecified atom stereocenters. The second kappa shape index (κ2) is 9.67. The number of nitrogens with zero attached hydrogens (tertiary/aromatic N) is 1. The van der Waals surface area contributed by atoms with Gasteiger partial charge in [0.1, 0.15) is 6.04 Å². The molecule has 6 rings (SSSR count). The van der Waals surface area contributed by atoms with E-state index in [2.05, 4.69) is 53.6 Å². The summed E-state index contributed by atoms with van der Waals surface area (Å²) < 4.78 is 0. The topological polar surface area (TPSA) is 65.2 Å². The summed E-state index contributed by atoms with van der Waals surface area (Å²) >= 11 is 0. The first-order valence-corrected chi connectivity index (χ1v) is 12.9. The fraction of sp³-hybridized carbons (Fsp3) is 0.152. The summed E-state index contributed by atoms with van der Waals surface area (Å²) in [4.78, 5) is 32.7. The van der Waals surface area contributed by atoms with E-state index < -0.39 is 12.1 Å². The second-order valence-electron chi connectivity index (χ2n) is 9.91. The van der Waals surface area contributed by atoms with Crippen LogP contribution >= 0.6 is 0 Å². The molecule has 2 N–H and O–H groups in total. The Bertz CT molecular complexity index is 1640. The van der Waals surface area contributed by atoms with E-state index in [9.17, 15) is 9.59 Å². The highest BCUT2D eigenvalue weighted by molar-refractivity contribution is 6.04. The number of carbonyl (C=O) groups is 2. The van der Waals surface area contributed by atoms with Gasteiger partial charge in [-0.3, -0.25) is 9.59 Å². The number of benzene rings is 4. The molecule has 5 heteroatoms. The van der Waals surface area contributed by atoms with Gasteiger partial charge in [0, 0.05) is 28.6 Å². The first-order chi connectivity index (χ1) is 18.5. The lowest BCUT2D eigenvalue weighted by Gasteiger charge is -2.31. The molecule has 0 bridgehead atoms. The molecular formula is C33H29N3O2. The van der Waals surface area contributed by atoms with Crippen molar-refractivity contribution in [1.29, 1.82) is 0 Å². The maximum absolute atomic E-state index is 13.9. The minimum Gasteiger partial charge on any atom is -0.354 e. The number of aromatic amines is 1. The van der Waals surface area contributed by atoms with E-state index in [1.165, 1.54) is 5.56 Å². The molecule has 188 valence electrons. The van der Waals surface area contributed by atoms with Gasteiger partial charge >= 0.3 is 0 Å². The predicted molar refractivity (Wildman–Crippen MR) is 151 cm³/mol. The van der Waals surface area contributed by atoms with Crippen LogP contribution < -0.4 is 5.32 Å². The van der Waals surface area contributed by atoms with E-state index in [1.807, 2.05) is 73.7 Å². The molecule has 2 atom stereocenters. The Kier molecular flexibility index (Phi) is 6.04. The Balaban J connectivity index is 1.47. The molecule has 2 amide bonds. The standard InChI is InChI=1S/C33H29N3O2/c1-21-16-18-24(19-17-21)30-29(27-14-8-9-15-28(27)35-30)31-25-12-6-7-13-26(25)33(38)36(31)22(2)32(37)34-20-23-10-4-3-5-11-23/h3-19,22,31,35H,20H2,1-2H3,(H,34,37)/t22-,31+/m1/s1. The van der Waals surface area contributed by atoms with E-state index in [4.69, 9.17) is 0 Å². The minimum atomic E-state index is -0.678. The first-order valence-electron chi connectivity index (χ1n) is 12.9. The molecule has 0 fully saturated rings. The highest BCUT2D eigenvalue weighted by Crippen LogP contribution is 2.46. The van der Waals surface area contributed by atoms with Crippen LogP contribution in [0.15, 0.2) is 103 Å². The average Bonchev–Trinajstić information content (AvgIpc) is 3.47. The van der Waals surface area contributed by atoms with Crippen LogP contribution in [0.25, 0.3) is 22.2 Å². The van der Waals surface area contributed by atoms with Crippen molar-refractivity contribution in [3.8, 4) is 11.3 Å². The molecular weight excluding hydrogens is 470 g/mol. The molecule has 0 saturated carbocycles. The molecule has 0 saturated heterocycles. The zero-order chi connectivity index (χ0) is 26.2. The van der Waals surface area contributed by atoms with Gasteiger partial charge in [-0.05, 0) is 42.7 Å². The fourth-order valence-corrected chi connectivity index (χ4v) is 5.49. The Morgan fingerprint density at radius 1 is 0.895 bits per heavy atom. The monoisotopic (exact) mass is 499 g/mol. The summed E-state index contributed by atoms with van der Waals surface area (Å²) in [6.07, 6.45) is 0. The molecule has 1 aliphatic heterocycles. The number of aromatic nitrogens is 1. The van der Waals surface area contributed by atoms with Gasteiger partial charge in [-0.25, -0.2) is 0 Å². The van der Waals surface area contributed by atoms with Gasteiger partial charge in [-0.1, -0.05) is 96.6 Å². The average molecular weight is 500 g/mol. The number of H-pyrrole nitrogens is 1. The molecule has 38 heavy (non-hydrogen) atoms. The maximum atomic E-state index is 13.9. The Hall–Kier alpha value is -4.64. The van der Waals surface area contributed by atoms with Gasteiger partial charge in [-0.15, -0.1) is 0 Å². The zero-order valence-electron chi connectivity index (χ0n) is 21.4. The third kappa shape index (κ3) is 4.06. The first kappa shape index (κ1) is 23.7. The van der Waals surface area contributed by atoms with Crippen LogP contribution in [0.2, 0.25) is 0 Å². The predicted octanol–water partition coefficient (Wildman–Crippen LogP) is 6.39. The lowest BCUT2D eigenvalue weighted by molar-refractivity contribution is -0.125. The molecule has 5 nitrogen and oxygen atoms in total. The van der Waals surface area contributed by atoms with E-state index in [0.717, 1.165) is 38.9 Å². The summed E-state index contributed by atoms with van der Waals surface area (Å²) in [5.74, 6) is -0.315. The van der Waals surface area contributed by atoms with Crippen molar-refractivity contribution in [3.05, 3.63) is 131 Å². The van der Waals surface area contributed by atoms with Crippen LogP contribution in [0.1, 0.15) is 45.6 Å². The highest BCUT2D eigenvalue weighted by Gasteiger charge is 2.44. The molecule has 0 spiro atoms. The van der Waals surface area contributed by atoms with Crippen molar-refractivity contribution < 1.29 is 9.59 Å².